The smallest absolute Gasteiger partial charge is 0.255 e. The zero-order chi connectivity index (χ0) is 21.1. The number of hydrogen-bond donors (Lipinski definition) is 1. The predicted octanol–water partition coefficient (Wildman–Crippen LogP) is 3.24. The fourth-order valence-electron chi connectivity index (χ4n) is 3.89. The molecular weight excluding hydrogens is 402 g/mol. The molecule has 2 aromatic carbocycles. The van der Waals surface area contributed by atoms with E-state index >= 15 is 0 Å². The second-order valence-corrected chi connectivity index (χ2v) is 9.58. The van der Waals surface area contributed by atoms with E-state index in [0.717, 1.165) is 31.4 Å². The molecule has 2 amide bonds. The van der Waals surface area contributed by atoms with E-state index in [1.54, 1.807) is 23.1 Å². The molecule has 8 heteroatoms. The Balaban J connectivity index is 1.46. The van der Waals surface area contributed by atoms with Gasteiger partial charge in [0.05, 0.1) is 4.90 Å². The molecule has 0 unspecified atom stereocenters. The molecule has 4 rings (SSSR count). The molecule has 0 aromatic heterocycles. The largest absolute Gasteiger partial charge is 0.322 e. The van der Waals surface area contributed by atoms with Crippen LogP contribution >= 0.6 is 0 Å². The minimum atomic E-state index is -3.50. The average Bonchev–Trinajstić information content (AvgIpc) is 3.30. The molecule has 0 saturated carbocycles. The van der Waals surface area contributed by atoms with E-state index in [2.05, 4.69) is 5.32 Å². The molecule has 2 aliphatic rings. The van der Waals surface area contributed by atoms with Crippen molar-refractivity contribution in [1.82, 2.24) is 4.31 Å². The van der Waals surface area contributed by atoms with Gasteiger partial charge in [-0.3, -0.25) is 9.59 Å². The summed E-state index contributed by atoms with van der Waals surface area (Å²) in [6, 6.07) is 13.2. The average molecular weight is 428 g/mol. The number of carbonyl (C=O) groups excluding carboxylic acids is 2. The molecule has 0 aliphatic carbocycles. The quantitative estimate of drug-likeness (QED) is 0.794. The summed E-state index contributed by atoms with van der Waals surface area (Å²) < 4.78 is 26.7. The summed E-state index contributed by atoms with van der Waals surface area (Å²) in [5.74, 6) is -0.234. The fraction of sp³-hybridized carbons (Fsp3) is 0.364. The lowest BCUT2D eigenvalue weighted by atomic mass is 10.1. The van der Waals surface area contributed by atoms with Crippen molar-refractivity contribution in [2.24, 2.45) is 0 Å². The van der Waals surface area contributed by atoms with Crippen LogP contribution in [0.1, 0.15) is 42.5 Å². The monoisotopic (exact) mass is 427 g/mol. The van der Waals surface area contributed by atoms with Gasteiger partial charge in [-0.05, 0) is 68.1 Å². The Morgan fingerprint density at radius 3 is 2.30 bits per heavy atom. The Bertz CT molecular complexity index is 1040. The number of amides is 2. The van der Waals surface area contributed by atoms with Gasteiger partial charge < -0.3 is 10.2 Å². The van der Waals surface area contributed by atoms with Crippen molar-refractivity contribution >= 4 is 33.2 Å². The highest BCUT2D eigenvalue weighted by molar-refractivity contribution is 7.89. The summed E-state index contributed by atoms with van der Waals surface area (Å²) in [6.07, 6.45) is 4.18. The summed E-state index contributed by atoms with van der Waals surface area (Å²) in [5, 5.41) is 2.83. The number of hydrogen-bond acceptors (Lipinski definition) is 4. The van der Waals surface area contributed by atoms with Gasteiger partial charge in [0, 0.05) is 43.0 Å². The van der Waals surface area contributed by atoms with Gasteiger partial charge in [-0.25, -0.2) is 8.42 Å². The van der Waals surface area contributed by atoms with E-state index in [1.807, 2.05) is 6.07 Å². The van der Waals surface area contributed by atoms with Crippen molar-refractivity contribution in [3.05, 3.63) is 54.1 Å². The Morgan fingerprint density at radius 1 is 0.900 bits per heavy atom. The Labute approximate surface area is 176 Å². The highest BCUT2D eigenvalue weighted by Crippen LogP contribution is 2.25. The lowest BCUT2D eigenvalue weighted by Crippen LogP contribution is -2.35. The van der Waals surface area contributed by atoms with Crippen molar-refractivity contribution in [2.45, 2.75) is 37.0 Å². The van der Waals surface area contributed by atoms with Gasteiger partial charge in [0.2, 0.25) is 15.9 Å². The molecule has 2 aromatic rings. The van der Waals surface area contributed by atoms with Gasteiger partial charge >= 0.3 is 0 Å². The van der Waals surface area contributed by atoms with Crippen molar-refractivity contribution in [3.63, 3.8) is 0 Å². The van der Waals surface area contributed by atoms with Crippen molar-refractivity contribution in [1.29, 1.82) is 0 Å². The van der Waals surface area contributed by atoms with Crippen molar-refractivity contribution < 1.29 is 18.0 Å². The normalized spacial score (nSPS) is 17.9. The first kappa shape index (κ1) is 20.6. The summed E-state index contributed by atoms with van der Waals surface area (Å²) in [6.45, 7) is 1.77. The van der Waals surface area contributed by atoms with Crippen LogP contribution in [-0.4, -0.2) is 44.2 Å². The van der Waals surface area contributed by atoms with Crippen molar-refractivity contribution in [2.75, 3.05) is 29.9 Å². The molecule has 2 heterocycles. The van der Waals surface area contributed by atoms with E-state index in [1.165, 1.54) is 28.6 Å². The second kappa shape index (κ2) is 8.57. The van der Waals surface area contributed by atoms with E-state index in [9.17, 15) is 18.0 Å². The topological polar surface area (TPSA) is 86.8 Å². The van der Waals surface area contributed by atoms with E-state index in [4.69, 9.17) is 0 Å². The van der Waals surface area contributed by atoms with Crippen LogP contribution in [0.25, 0.3) is 0 Å². The summed E-state index contributed by atoms with van der Waals surface area (Å²) in [5.41, 5.74) is 1.73. The highest BCUT2D eigenvalue weighted by atomic mass is 32.2. The lowest BCUT2D eigenvalue weighted by Gasteiger charge is -2.27. The van der Waals surface area contributed by atoms with Gasteiger partial charge in [-0.1, -0.05) is 6.07 Å². The molecule has 2 aliphatic heterocycles. The second-order valence-electron chi connectivity index (χ2n) is 7.64. The molecule has 2 fully saturated rings. The predicted molar refractivity (Wildman–Crippen MR) is 115 cm³/mol. The van der Waals surface area contributed by atoms with Crippen LogP contribution in [0.4, 0.5) is 11.4 Å². The number of anilines is 2. The van der Waals surface area contributed by atoms with Gasteiger partial charge in [0.25, 0.3) is 5.91 Å². The zero-order valence-electron chi connectivity index (χ0n) is 16.7. The van der Waals surface area contributed by atoms with Crippen LogP contribution in [-0.2, 0) is 14.8 Å². The van der Waals surface area contributed by atoms with Crippen LogP contribution in [0.5, 0.6) is 0 Å². The maximum Gasteiger partial charge on any atom is 0.255 e. The third kappa shape index (κ3) is 4.24. The summed E-state index contributed by atoms with van der Waals surface area (Å²) in [4.78, 5) is 26.7. The molecule has 0 atom stereocenters. The first-order valence-electron chi connectivity index (χ1n) is 10.3. The van der Waals surface area contributed by atoms with E-state index in [-0.39, 0.29) is 16.7 Å². The molecule has 158 valence electrons. The van der Waals surface area contributed by atoms with Crippen LogP contribution in [0, 0.1) is 0 Å². The number of benzene rings is 2. The Hall–Kier alpha value is -2.71. The number of rotatable bonds is 5. The van der Waals surface area contributed by atoms with Gasteiger partial charge in [-0.15, -0.1) is 0 Å². The van der Waals surface area contributed by atoms with Gasteiger partial charge in [-0.2, -0.15) is 4.31 Å². The molecular formula is C22H25N3O4S. The third-order valence-corrected chi connectivity index (χ3v) is 7.47. The molecule has 0 radical (unpaired) electrons. The minimum absolute atomic E-state index is 0.0968. The standard InChI is InChI=1S/C22H25N3O4S/c26-21-8-1-2-15-25(21)19-7-5-6-18(16-19)23-22(27)17-9-11-20(12-10-17)30(28,29)24-13-3-4-14-24/h5-7,9-12,16H,1-4,8,13-15H2,(H,23,27). The van der Waals surface area contributed by atoms with Crippen molar-refractivity contribution in [3.8, 4) is 0 Å². The molecule has 0 bridgehead atoms. The van der Waals surface area contributed by atoms with Crippen LogP contribution < -0.4 is 10.2 Å². The number of nitrogens with one attached hydrogen (secondary N) is 1. The fourth-order valence-corrected chi connectivity index (χ4v) is 5.41. The maximum atomic E-state index is 12.6. The third-order valence-electron chi connectivity index (χ3n) is 5.56. The number of carbonyl (C=O) groups is 2. The van der Waals surface area contributed by atoms with Gasteiger partial charge in [0.15, 0.2) is 0 Å². The lowest BCUT2D eigenvalue weighted by molar-refractivity contribution is -0.119. The zero-order valence-corrected chi connectivity index (χ0v) is 17.5. The summed E-state index contributed by atoms with van der Waals surface area (Å²) in [7, 11) is -3.50. The number of sulfonamides is 1. The minimum Gasteiger partial charge on any atom is -0.322 e. The van der Waals surface area contributed by atoms with E-state index in [0.29, 0.717) is 37.3 Å². The molecule has 30 heavy (non-hydrogen) atoms. The highest BCUT2D eigenvalue weighted by Gasteiger charge is 2.27. The SMILES string of the molecule is O=C(Nc1cccc(N2CCCCC2=O)c1)c1ccc(S(=O)(=O)N2CCCC2)cc1. The first-order valence-corrected chi connectivity index (χ1v) is 11.7. The molecule has 1 N–H and O–H groups in total. The Kier molecular flexibility index (Phi) is 5.87. The number of piperidine rings is 1. The van der Waals surface area contributed by atoms with E-state index < -0.39 is 10.0 Å². The number of nitrogens with zero attached hydrogens (tertiary/aromatic N) is 2. The molecule has 0 spiro atoms. The summed E-state index contributed by atoms with van der Waals surface area (Å²) >= 11 is 0. The molecule has 2 saturated heterocycles. The molecule has 7 nitrogen and oxygen atoms in total. The Morgan fingerprint density at radius 2 is 1.60 bits per heavy atom. The van der Waals surface area contributed by atoms with Gasteiger partial charge in [0.1, 0.15) is 0 Å². The first-order chi connectivity index (χ1) is 14.4. The van der Waals surface area contributed by atoms with Crippen LogP contribution in [0.3, 0.4) is 0 Å². The van der Waals surface area contributed by atoms with Crippen LogP contribution in [0.15, 0.2) is 53.4 Å². The maximum absolute atomic E-state index is 12.6. The van der Waals surface area contributed by atoms with Crippen LogP contribution in [0.2, 0.25) is 0 Å².